The molecule has 4 fully saturated rings. The van der Waals surface area contributed by atoms with Crippen LogP contribution in [0.2, 0.25) is 0 Å². The van der Waals surface area contributed by atoms with Crippen LogP contribution in [0.4, 0.5) is 24.9 Å². The van der Waals surface area contributed by atoms with Crippen LogP contribution >= 0.6 is 0 Å². The highest BCUT2D eigenvalue weighted by atomic mass is 16.5. The summed E-state index contributed by atoms with van der Waals surface area (Å²) in [6.07, 6.45) is 2.41. The topological polar surface area (TPSA) is 408 Å². The second-order valence-corrected chi connectivity index (χ2v) is 34.3. The first-order valence-electron chi connectivity index (χ1n) is 43.7. The summed E-state index contributed by atoms with van der Waals surface area (Å²) >= 11 is 0. The molecule has 4 aromatic heterocycles. The van der Waals surface area contributed by atoms with Gasteiger partial charge in [0.2, 0.25) is 35.4 Å². The lowest BCUT2D eigenvalue weighted by atomic mass is 9.88. The van der Waals surface area contributed by atoms with Gasteiger partial charge in [-0.25, -0.2) is 19.2 Å². The molecule has 4 saturated heterocycles. The van der Waals surface area contributed by atoms with Crippen molar-refractivity contribution >= 4 is 132 Å². The number of aliphatic hydroxyl groups is 4. The quantitative estimate of drug-likeness (QED) is 0.0256. The highest BCUT2D eigenvalue weighted by Crippen LogP contribution is 2.47. The minimum absolute atomic E-state index is 0.186. The van der Waals surface area contributed by atoms with Crippen LogP contribution < -0.4 is 20.1 Å². The Morgan fingerprint density at radius 3 is 0.970 bits per heavy atom. The first-order chi connectivity index (χ1) is 65.0. The molecular formula is C101H96N14O20. The van der Waals surface area contributed by atoms with Gasteiger partial charge in [-0.05, 0) is 123 Å². The third-order valence-corrected chi connectivity index (χ3v) is 26.6. The van der Waals surface area contributed by atoms with Gasteiger partial charge < -0.3 is 78.4 Å². The number of anilines is 1. The van der Waals surface area contributed by atoms with Crippen LogP contribution in [0.1, 0.15) is 138 Å². The molecule has 8 aliphatic rings. The van der Waals surface area contributed by atoms with E-state index in [-0.39, 0.29) is 82.7 Å². The van der Waals surface area contributed by atoms with Crippen LogP contribution in [0.5, 0.6) is 11.5 Å². The lowest BCUT2D eigenvalue weighted by molar-refractivity contribution is -0.133. The Labute approximate surface area is 772 Å². The maximum absolute atomic E-state index is 13.1. The summed E-state index contributed by atoms with van der Waals surface area (Å²) in [4.78, 5) is 185. The lowest BCUT2D eigenvalue weighted by Crippen LogP contribution is -2.56. The molecule has 20 rings (SSSR count). The number of Topliss-reactive ketones (excluding diaryl/α,β-unsaturated/α-hetero) is 4. The van der Waals surface area contributed by atoms with Gasteiger partial charge in [0.1, 0.15) is 37.9 Å². The number of likely N-dealkylation sites (N-methyl/N-ethyl adjacent to an activating group) is 4. The number of aliphatic hydroxyl groups excluding tert-OH is 4. The molecule has 0 saturated carbocycles. The molecule has 6 N–H and O–H groups in total. The number of carbonyl (C=O) groups is 14. The van der Waals surface area contributed by atoms with Crippen LogP contribution in [-0.2, 0) is 87.7 Å². The Kier molecular flexibility index (Phi) is 25.0. The smallest absolute Gasteiger partial charge is 0.326 e. The van der Waals surface area contributed by atoms with E-state index in [9.17, 15) is 67.1 Å². The van der Waals surface area contributed by atoms with Gasteiger partial charge in [-0.3, -0.25) is 67.5 Å². The molecule has 14 amide bonds. The maximum atomic E-state index is 13.1. The minimum Gasteiger partial charge on any atom is -0.497 e. The van der Waals surface area contributed by atoms with Crippen LogP contribution in [0, 0.1) is 0 Å². The van der Waals surface area contributed by atoms with Crippen molar-refractivity contribution < 1.29 is 97.0 Å². The number of hydrogen-bond donors (Lipinski definition) is 6. The van der Waals surface area contributed by atoms with E-state index < -0.39 is 50.1 Å². The number of rotatable bonds is 23. The van der Waals surface area contributed by atoms with E-state index in [2.05, 4.69) is 42.1 Å². The summed E-state index contributed by atoms with van der Waals surface area (Å²) in [5.41, 5.74) is 18.1. The Hall–Kier alpha value is -15.8. The molecule has 8 aliphatic heterocycles. The first kappa shape index (κ1) is 91.1. The molecule has 4 atom stereocenters. The molecule has 135 heavy (non-hydrogen) atoms. The van der Waals surface area contributed by atoms with Crippen molar-refractivity contribution in [1.29, 1.82) is 0 Å². The molecule has 690 valence electrons. The number of urea groups is 4. The fraction of sp³-hybridized carbons (Fsp3) is 0.267. The van der Waals surface area contributed by atoms with E-state index in [1.165, 1.54) is 59.9 Å². The van der Waals surface area contributed by atoms with Crippen LogP contribution in [0.25, 0.3) is 43.6 Å². The van der Waals surface area contributed by atoms with Crippen molar-refractivity contribution in [2.75, 3.05) is 100 Å². The molecule has 34 heteroatoms. The van der Waals surface area contributed by atoms with Gasteiger partial charge in [-0.2, -0.15) is 0 Å². The van der Waals surface area contributed by atoms with Crippen molar-refractivity contribution in [3.05, 3.63) is 290 Å². The summed E-state index contributed by atoms with van der Waals surface area (Å²) in [6, 6.07) is 50.2. The molecular weight excluding hydrogens is 1730 g/mol. The third-order valence-electron chi connectivity index (χ3n) is 26.6. The Morgan fingerprint density at radius 1 is 0.348 bits per heavy atom. The average Bonchev–Trinajstić information content (AvgIpc) is 1.59. The highest BCUT2D eigenvalue weighted by Gasteiger charge is 2.50. The number of amides is 14. The predicted molar refractivity (Wildman–Crippen MR) is 495 cm³/mol. The number of benzene rings is 8. The van der Waals surface area contributed by atoms with Gasteiger partial charge in [0, 0.05) is 182 Å². The summed E-state index contributed by atoms with van der Waals surface area (Å²) in [7, 11) is 9.30. The Bertz CT molecular complexity index is 6990. The molecule has 4 unspecified atom stereocenters. The van der Waals surface area contributed by atoms with Gasteiger partial charge in [0.25, 0.3) is 0 Å². The zero-order chi connectivity index (χ0) is 95.5. The minimum atomic E-state index is -0.548. The SMILES string of the molecule is C=CC(=O)NCc1ccc2c(c1)c1c(n2Cc2ccc(C(=O)CO)cc2)CN2CC1C(=O)N(C)C2=O.C=CC(=O)Nc1ccc2c(c1)c1c(n2Cc2ccc(C(=O)CO)cc2)CN2CC1C(=O)N(C)C2=O.COc1ccc2c(c1)c1c(n2Cc2ccc(C(=O)CO)cc2)CN2CC1C(=O)N(C)C2=O.COc1ccc2c3c(n(Cc4ccc(C(=O)CO)cc4)c2c1)CN1CC3C(=O)N(C)C1=O. The Morgan fingerprint density at radius 2 is 0.637 bits per heavy atom. The third kappa shape index (κ3) is 16.7. The van der Waals surface area contributed by atoms with Gasteiger partial charge in [0.05, 0.1) is 69.6 Å². The number of fused-ring (bicyclic) bond motifs is 24. The average molecular weight is 1830 g/mol. The normalized spacial score (nSPS) is 17.2. The van der Waals surface area contributed by atoms with Crippen molar-refractivity contribution in [1.82, 2.24) is 62.8 Å². The number of ketones is 4. The molecule has 0 aliphatic carbocycles. The second kappa shape index (κ2) is 37.1. The largest absolute Gasteiger partial charge is 0.497 e. The molecule has 34 nitrogen and oxygen atoms in total. The molecule has 0 radical (unpaired) electrons. The number of imide groups is 4. The second-order valence-electron chi connectivity index (χ2n) is 34.3. The van der Waals surface area contributed by atoms with E-state index in [0.29, 0.717) is 125 Å². The summed E-state index contributed by atoms with van der Waals surface area (Å²) < 4.78 is 19.3. The number of nitrogens with zero attached hydrogens (tertiary/aromatic N) is 12. The van der Waals surface area contributed by atoms with Crippen molar-refractivity contribution in [2.45, 2.75) is 82.6 Å². The fourth-order valence-corrected chi connectivity index (χ4v) is 19.6. The number of aromatic nitrogens is 4. The maximum Gasteiger partial charge on any atom is 0.326 e. The number of methoxy groups -OCH3 is 2. The van der Waals surface area contributed by atoms with Crippen LogP contribution in [-0.4, -0.2) is 256 Å². The molecule has 8 aromatic carbocycles. The predicted octanol–water partition coefficient (Wildman–Crippen LogP) is 9.37. The number of ether oxygens (including phenoxy) is 2. The number of carbonyl (C=O) groups excluding carboxylic acids is 14. The summed E-state index contributed by atoms with van der Waals surface area (Å²) in [5, 5.41) is 45.6. The molecule has 0 spiro atoms. The van der Waals surface area contributed by atoms with Gasteiger partial charge in [-0.15, -0.1) is 0 Å². The monoisotopic (exact) mass is 1820 g/mol. The standard InChI is InChI=1S/C27H26N4O5.C26H24N4O5.2C24H23N3O5/c1-3-24(34)28-11-17-6-9-21-19(10-17)25-20-13-30(27(36)29(2)26(20)35)14-22(25)31(21)12-16-4-7-18(8-5-16)23(33)15-32;1-3-23(33)27-17-8-9-20-18(10-17)24-19-12-29(26(35)28(2)25(19)34)13-21(24)30(20)11-15-4-6-16(7-5-15)22(32)14-31;1-25-23(30)18-11-26(24(25)31)12-20-22(18)17-9-16(32-2)7-8-19(17)27(20)10-14-3-5-15(6-4-14)21(29)13-28;1-25-23(30)18-11-26(24(25)31)12-20-22(18)17-8-7-16(32-2)9-19(17)27(20)10-14-3-5-15(6-4-14)21(29)13-28/h3-10,20,32H,1,11-15H2,2H3,(H,28,34);3-10,19,31H,1,11-14H2,2H3,(H,27,33);2*3-9,18,28H,10-13H2,1-2H3. The van der Waals surface area contributed by atoms with E-state index in [0.717, 1.165) is 116 Å². The number of hydrogen-bond acceptors (Lipinski definition) is 20. The van der Waals surface area contributed by atoms with Crippen LogP contribution in [0.15, 0.2) is 195 Å². The van der Waals surface area contributed by atoms with Crippen molar-refractivity contribution in [3.63, 3.8) is 0 Å². The fourth-order valence-electron chi connectivity index (χ4n) is 19.6. The molecule has 8 bridgehead atoms. The van der Waals surface area contributed by atoms with Gasteiger partial charge >= 0.3 is 24.1 Å². The van der Waals surface area contributed by atoms with Crippen molar-refractivity contribution in [2.24, 2.45) is 0 Å². The van der Waals surface area contributed by atoms with E-state index >= 15 is 0 Å². The van der Waals surface area contributed by atoms with Crippen LogP contribution in [0.3, 0.4) is 0 Å². The lowest BCUT2D eigenvalue weighted by Gasteiger charge is -2.41. The van der Waals surface area contributed by atoms with Gasteiger partial charge in [0.15, 0.2) is 23.1 Å². The highest BCUT2D eigenvalue weighted by molar-refractivity contribution is 6.10. The number of nitrogens with one attached hydrogen (secondary N) is 2. The van der Waals surface area contributed by atoms with E-state index in [1.807, 2.05) is 115 Å². The summed E-state index contributed by atoms with van der Waals surface area (Å²) in [5.74, 6) is -3.17. The van der Waals surface area contributed by atoms with Crippen molar-refractivity contribution in [3.8, 4) is 11.5 Å². The summed E-state index contributed by atoms with van der Waals surface area (Å²) in [6.45, 7) is 10.1. The zero-order valence-electron chi connectivity index (χ0n) is 74.8. The Balaban J connectivity index is 0.000000125. The first-order valence-corrected chi connectivity index (χ1v) is 43.7. The van der Waals surface area contributed by atoms with E-state index in [4.69, 9.17) is 29.9 Å². The molecule has 12 aromatic rings. The van der Waals surface area contributed by atoms with E-state index in [1.54, 1.807) is 88.4 Å². The zero-order valence-corrected chi connectivity index (χ0v) is 74.8. The van der Waals surface area contributed by atoms with Gasteiger partial charge in [-0.1, -0.05) is 116 Å². The molecule has 12 heterocycles.